The van der Waals surface area contributed by atoms with Crippen LogP contribution in [-0.2, 0) is 0 Å². The Labute approximate surface area is 74.7 Å². The van der Waals surface area contributed by atoms with Crippen molar-refractivity contribution < 1.29 is 0 Å². The zero-order valence-corrected chi connectivity index (χ0v) is 7.93. The normalized spacial score (nSPS) is 30.2. The average molecular weight is 163 g/mol. The molecule has 0 spiro atoms. The fourth-order valence-electron chi connectivity index (χ4n) is 1.80. The standard InChI is InChI=1S/C11H17N/c1-4-10-5-8(2)9(3)6-11(10)7-12/h4,7,10-12H,1,5-6H2,2-3H3. The van der Waals surface area contributed by atoms with E-state index in [4.69, 9.17) is 5.41 Å². The zero-order valence-electron chi connectivity index (χ0n) is 7.93. The van der Waals surface area contributed by atoms with E-state index >= 15 is 0 Å². The van der Waals surface area contributed by atoms with E-state index in [-0.39, 0.29) is 0 Å². The molecule has 1 nitrogen and oxygen atoms in total. The Morgan fingerprint density at radius 1 is 1.25 bits per heavy atom. The summed E-state index contributed by atoms with van der Waals surface area (Å²) in [5.41, 5.74) is 2.94. The van der Waals surface area contributed by atoms with Crippen LogP contribution in [0.15, 0.2) is 23.8 Å². The minimum atomic E-state index is 0.395. The highest BCUT2D eigenvalue weighted by Gasteiger charge is 2.22. The van der Waals surface area contributed by atoms with Crippen LogP contribution in [0.5, 0.6) is 0 Å². The highest BCUT2D eigenvalue weighted by atomic mass is 14.4. The second-order valence-corrected chi connectivity index (χ2v) is 3.70. The molecular weight excluding hydrogens is 146 g/mol. The van der Waals surface area contributed by atoms with E-state index in [0.717, 1.165) is 12.8 Å². The van der Waals surface area contributed by atoms with Crippen molar-refractivity contribution in [3.63, 3.8) is 0 Å². The first-order valence-electron chi connectivity index (χ1n) is 4.47. The monoisotopic (exact) mass is 163 g/mol. The van der Waals surface area contributed by atoms with Crippen molar-refractivity contribution in [2.75, 3.05) is 0 Å². The number of hydrogen-bond donors (Lipinski definition) is 1. The molecule has 0 radical (unpaired) electrons. The van der Waals surface area contributed by atoms with Gasteiger partial charge in [0.2, 0.25) is 0 Å². The smallest absolute Gasteiger partial charge is 0.00381 e. The second kappa shape index (κ2) is 3.70. The molecule has 1 aliphatic carbocycles. The summed E-state index contributed by atoms with van der Waals surface area (Å²) in [6.07, 6.45) is 5.70. The summed E-state index contributed by atoms with van der Waals surface area (Å²) in [7, 11) is 0. The summed E-state index contributed by atoms with van der Waals surface area (Å²) in [5, 5.41) is 7.29. The van der Waals surface area contributed by atoms with Gasteiger partial charge in [0.15, 0.2) is 0 Å². The molecule has 0 amide bonds. The first kappa shape index (κ1) is 9.24. The molecule has 0 heterocycles. The largest absolute Gasteiger partial charge is 0.313 e. The maximum Gasteiger partial charge on any atom is 0.00381 e. The van der Waals surface area contributed by atoms with Crippen LogP contribution in [0.2, 0.25) is 0 Å². The number of nitrogens with one attached hydrogen (secondary N) is 1. The van der Waals surface area contributed by atoms with Gasteiger partial charge >= 0.3 is 0 Å². The van der Waals surface area contributed by atoms with Crippen molar-refractivity contribution in [3.05, 3.63) is 23.8 Å². The molecule has 0 aromatic heterocycles. The van der Waals surface area contributed by atoms with Gasteiger partial charge in [0.05, 0.1) is 0 Å². The molecule has 2 atom stereocenters. The summed E-state index contributed by atoms with van der Waals surface area (Å²) < 4.78 is 0. The van der Waals surface area contributed by atoms with Crippen LogP contribution in [0, 0.1) is 17.2 Å². The Morgan fingerprint density at radius 3 is 2.17 bits per heavy atom. The summed E-state index contributed by atoms with van der Waals surface area (Å²) in [4.78, 5) is 0. The molecule has 0 aromatic rings. The van der Waals surface area contributed by atoms with E-state index in [1.807, 2.05) is 6.08 Å². The van der Waals surface area contributed by atoms with Gasteiger partial charge in [0.25, 0.3) is 0 Å². The molecule has 1 aliphatic rings. The average Bonchev–Trinajstić information content (AvgIpc) is 2.09. The lowest BCUT2D eigenvalue weighted by Crippen LogP contribution is -2.19. The molecule has 2 unspecified atom stereocenters. The zero-order chi connectivity index (χ0) is 9.14. The molecular formula is C11H17N. The summed E-state index contributed by atoms with van der Waals surface area (Å²) in [5.74, 6) is 0.886. The van der Waals surface area contributed by atoms with Crippen LogP contribution in [0.4, 0.5) is 0 Å². The van der Waals surface area contributed by atoms with Crippen molar-refractivity contribution in [3.8, 4) is 0 Å². The number of hydrogen-bond acceptors (Lipinski definition) is 1. The van der Waals surface area contributed by atoms with E-state index in [2.05, 4.69) is 20.4 Å². The van der Waals surface area contributed by atoms with Gasteiger partial charge < -0.3 is 5.41 Å². The first-order chi connectivity index (χ1) is 5.69. The van der Waals surface area contributed by atoms with E-state index in [1.54, 1.807) is 6.21 Å². The summed E-state index contributed by atoms with van der Waals surface area (Å²) in [6, 6.07) is 0. The fraction of sp³-hybridized carbons (Fsp3) is 0.545. The maximum atomic E-state index is 7.29. The summed E-state index contributed by atoms with van der Waals surface area (Å²) >= 11 is 0. The minimum Gasteiger partial charge on any atom is -0.313 e. The highest BCUT2D eigenvalue weighted by molar-refractivity contribution is 5.59. The Bertz CT molecular complexity index is 201. The molecule has 12 heavy (non-hydrogen) atoms. The molecule has 0 aromatic carbocycles. The molecule has 66 valence electrons. The van der Waals surface area contributed by atoms with E-state index in [1.165, 1.54) is 11.1 Å². The van der Waals surface area contributed by atoms with Gasteiger partial charge in [-0.3, -0.25) is 0 Å². The molecule has 0 saturated heterocycles. The molecule has 0 bridgehead atoms. The Hall–Kier alpha value is -0.850. The lowest BCUT2D eigenvalue weighted by Gasteiger charge is -2.28. The number of allylic oxidation sites excluding steroid dienone is 3. The van der Waals surface area contributed by atoms with Crippen LogP contribution >= 0.6 is 0 Å². The molecule has 0 fully saturated rings. The summed E-state index contributed by atoms with van der Waals surface area (Å²) in [6.45, 7) is 8.17. The second-order valence-electron chi connectivity index (χ2n) is 3.70. The molecule has 0 aliphatic heterocycles. The topological polar surface area (TPSA) is 23.9 Å². The van der Waals surface area contributed by atoms with Crippen molar-refractivity contribution in [1.82, 2.24) is 0 Å². The van der Waals surface area contributed by atoms with E-state index in [9.17, 15) is 0 Å². The third-order valence-corrected chi connectivity index (χ3v) is 2.88. The minimum absolute atomic E-state index is 0.395. The fourth-order valence-corrected chi connectivity index (χ4v) is 1.80. The third kappa shape index (κ3) is 1.66. The third-order valence-electron chi connectivity index (χ3n) is 2.88. The van der Waals surface area contributed by atoms with Gasteiger partial charge in [0, 0.05) is 5.92 Å². The lowest BCUT2D eigenvalue weighted by atomic mass is 9.77. The Balaban J connectivity index is 2.81. The predicted octanol–water partition coefficient (Wildman–Crippen LogP) is 3.18. The van der Waals surface area contributed by atoms with E-state index < -0.39 is 0 Å². The molecule has 1 N–H and O–H groups in total. The van der Waals surface area contributed by atoms with Gasteiger partial charge in [-0.1, -0.05) is 17.2 Å². The van der Waals surface area contributed by atoms with Crippen molar-refractivity contribution in [1.29, 1.82) is 5.41 Å². The Kier molecular flexibility index (Phi) is 2.85. The van der Waals surface area contributed by atoms with Crippen LogP contribution in [-0.4, -0.2) is 6.21 Å². The first-order valence-corrected chi connectivity index (χ1v) is 4.47. The Morgan fingerprint density at radius 2 is 1.75 bits per heavy atom. The van der Waals surface area contributed by atoms with Gasteiger partial charge in [-0.25, -0.2) is 0 Å². The quantitative estimate of drug-likeness (QED) is 0.477. The van der Waals surface area contributed by atoms with Crippen molar-refractivity contribution >= 4 is 6.21 Å². The molecule has 1 heteroatoms. The van der Waals surface area contributed by atoms with Gasteiger partial charge in [0.1, 0.15) is 0 Å². The van der Waals surface area contributed by atoms with Crippen LogP contribution in [0.1, 0.15) is 26.7 Å². The van der Waals surface area contributed by atoms with Crippen molar-refractivity contribution in [2.45, 2.75) is 26.7 Å². The lowest BCUT2D eigenvalue weighted by molar-refractivity contribution is 0.469. The van der Waals surface area contributed by atoms with Gasteiger partial charge in [-0.2, -0.15) is 0 Å². The van der Waals surface area contributed by atoms with Gasteiger partial charge in [-0.15, -0.1) is 6.58 Å². The van der Waals surface area contributed by atoms with Crippen LogP contribution in [0.25, 0.3) is 0 Å². The predicted molar refractivity (Wildman–Crippen MR) is 53.6 cm³/mol. The number of rotatable bonds is 2. The molecule has 0 saturated carbocycles. The highest BCUT2D eigenvalue weighted by Crippen LogP contribution is 2.33. The molecule has 1 rings (SSSR count). The van der Waals surface area contributed by atoms with Crippen molar-refractivity contribution in [2.24, 2.45) is 11.8 Å². The van der Waals surface area contributed by atoms with E-state index in [0.29, 0.717) is 11.8 Å². The SMILES string of the molecule is C=CC1CC(C)=C(C)CC1C=N. The van der Waals surface area contributed by atoms with Crippen LogP contribution in [0.3, 0.4) is 0 Å². The van der Waals surface area contributed by atoms with Crippen LogP contribution < -0.4 is 0 Å². The van der Waals surface area contributed by atoms with Gasteiger partial charge in [-0.05, 0) is 38.8 Å². The maximum absolute atomic E-state index is 7.29.